The lowest BCUT2D eigenvalue weighted by molar-refractivity contribution is 0.0955. The van der Waals surface area contributed by atoms with Gasteiger partial charge in [0.15, 0.2) is 0 Å². The lowest BCUT2D eigenvalue weighted by atomic mass is 9.97. The first-order chi connectivity index (χ1) is 13.1. The highest BCUT2D eigenvalue weighted by Gasteiger charge is 2.25. The van der Waals surface area contributed by atoms with Gasteiger partial charge in [-0.1, -0.05) is 0 Å². The van der Waals surface area contributed by atoms with Gasteiger partial charge in [0.1, 0.15) is 11.6 Å². The molecule has 1 N–H and O–H groups in total. The number of aromatic nitrogens is 3. The number of piperidine rings is 1. The quantitative estimate of drug-likeness (QED) is 0.807. The van der Waals surface area contributed by atoms with Crippen LogP contribution in [-0.4, -0.2) is 65.6 Å². The van der Waals surface area contributed by atoms with Crippen LogP contribution < -0.4 is 10.2 Å². The van der Waals surface area contributed by atoms with E-state index in [1.807, 2.05) is 19.2 Å². The van der Waals surface area contributed by atoms with Crippen LogP contribution in [0.1, 0.15) is 41.9 Å². The Bertz CT molecular complexity index is 756. The van der Waals surface area contributed by atoms with Crippen LogP contribution >= 0.6 is 0 Å². The van der Waals surface area contributed by atoms with E-state index in [2.05, 4.69) is 49.9 Å². The van der Waals surface area contributed by atoms with Gasteiger partial charge in [0, 0.05) is 62.8 Å². The molecule has 1 aliphatic heterocycles. The molecule has 7 nitrogen and oxygen atoms in total. The van der Waals surface area contributed by atoms with E-state index in [0.29, 0.717) is 18.0 Å². The molecule has 0 saturated carbocycles. The van der Waals surface area contributed by atoms with Crippen LogP contribution in [0, 0.1) is 0 Å². The second kappa shape index (κ2) is 8.99. The van der Waals surface area contributed by atoms with Gasteiger partial charge in [-0.05, 0) is 46.0 Å². The molecule has 0 bridgehead atoms. The molecular formula is C20H30N6O. The Kier molecular flexibility index (Phi) is 6.45. The van der Waals surface area contributed by atoms with Crippen molar-refractivity contribution in [3.63, 3.8) is 0 Å². The van der Waals surface area contributed by atoms with Crippen molar-refractivity contribution in [1.82, 2.24) is 24.8 Å². The minimum atomic E-state index is -0.0473. The highest BCUT2D eigenvalue weighted by Crippen LogP contribution is 2.28. The molecule has 0 aliphatic carbocycles. The van der Waals surface area contributed by atoms with E-state index in [1.165, 1.54) is 0 Å². The molecule has 2 aromatic rings. The van der Waals surface area contributed by atoms with E-state index in [4.69, 9.17) is 0 Å². The number of likely N-dealkylation sites (N-methyl/N-ethyl adjacent to an activating group) is 1. The van der Waals surface area contributed by atoms with E-state index in [0.717, 1.165) is 50.7 Å². The summed E-state index contributed by atoms with van der Waals surface area (Å²) in [5.41, 5.74) is 0.663. The monoisotopic (exact) mass is 370 g/mol. The minimum Gasteiger partial charge on any atom is -0.356 e. The maximum absolute atomic E-state index is 12.1. The normalized spacial score (nSPS) is 17.3. The van der Waals surface area contributed by atoms with Gasteiger partial charge in [0.05, 0.1) is 0 Å². The van der Waals surface area contributed by atoms with Crippen molar-refractivity contribution >= 4 is 11.7 Å². The van der Waals surface area contributed by atoms with Crippen LogP contribution in [-0.2, 0) is 6.54 Å². The van der Waals surface area contributed by atoms with Crippen molar-refractivity contribution in [2.45, 2.75) is 32.2 Å². The third kappa shape index (κ3) is 4.86. The number of carbonyl (C=O) groups excluding carboxylic acids is 1. The summed E-state index contributed by atoms with van der Waals surface area (Å²) in [4.78, 5) is 25.8. The summed E-state index contributed by atoms with van der Waals surface area (Å²) in [5, 5.41) is 2.85. The number of hydrogen-bond acceptors (Lipinski definition) is 5. The molecule has 0 aromatic carbocycles. The van der Waals surface area contributed by atoms with Crippen molar-refractivity contribution in [2.24, 2.45) is 0 Å². The van der Waals surface area contributed by atoms with Crippen LogP contribution in [0.3, 0.4) is 0 Å². The molecule has 1 saturated heterocycles. The summed E-state index contributed by atoms with van der Waals surface area (Å²) < 4.78 is 2.27. The summed E-state index contributed by atoms with van der Waals surface area (Å²) in [7, 11) is 4.18. The summed E-state index contributed by atoms with van der Waals surface area (Å²) >= 11 is 0. The molecule has 0 radical (unpaired) electrons. The average Bonchev–Trinajstić information content (AvgIpc) is 3.15. The van der Waals surface area contributed by atoms with Crippen LogP contribution in [0.5, 0.6) is 0 Å². The first kappa shape index (κ1) is 19.4. The van der Waals surface area contributed by atoms with E-state index in [-0.39, 0.29) is 5.91 Å². The molecule has 0 unspecified atom stereocenters. The predicted molar refractivity (Wildman–Crippen MR) is 107 cm³/mol. The molecule has 1 atom stereocenters. The van der Waals surface area contributed by atoms with Gasteiger partial charge in [0.25, 0.3) is 5.91 Å². The standard InChI is InChI=1S/C20H30N6O/c1-4-21-20(27)16-7-8-22-18(14-16)26-10-5-6-17(15-26)19-23-9-11-25(19)13-12-24(2)3/h7-9,11,14,17H,4-6,10,12-13,15H2,1-3H3,(H,21,27)/t17-/m0/s1. The Balaban J connectivity index is 1.73. The van der Waals surface area contributed by atoms with Gasteiger partial charge >= 0.3 is 0 Å². The summed E-state index contributed by atoms with van der Waals surface area (Å²) in [6.45, 7) is 6.33. The first-order valence-corrected chi connectivity index (χ1v) is 9.73. The third-order valence-corrected chi connectivity index (χ3v) is 4.99. The number of amides is 1. The molecule has 1 aliphatic rings. The van der Waals surface area contributed by atoms with Crippen LogP contribution in [0.15, 0.2) is 30.7 Å². The molecule has 1 fully saturated rings. The van der Waals surface area contributed by atoms with E-state index >= 15 is 0 Å². The van der Waals surface area contributed by atoms with Crippen molar-refractivity contribution in [3.05, 3.63) is 42.1 Å². The number of rotatable bonds is 7. The molecule has 7 heteroatoms. The zero-order chi connectivity index (χ0) is 19.2. The smallest absolute Gasteiger partial charge is 0.251 e. The average molecular weight is 371 g/mol. The lowest BCUT2D eigenvalue weighted by Gasteiger charge is -2.33. The fourth-order valence-electron chi connectivity index (χ4n) is 3.57. The molecular weight excluding hydrogens is 340 g/mol. The largest absolute Gasteiger partial charge is 0.356 e. The zero-order valence-electron chi connectivity index (χ0n) is 16.6. The molecule has 3 heterocycles. The second-order valence-corrected chi connectivity index (χ2v) is 7.33. The highest BCUT2D eigenvalue weighted by molar-refractivity contribution is 5.94. The number of pyridine rings is 1. The highest BCUT2D eigenvalue weighted by atomic mass is 16.1. The van der Waals surface area contributed by atoms with Crippen molar-refractivity contribution < 1.29 is 4.79 Å². The van der Waals surface area contributed by atoms with Gasteiger partial charge < -0.3 is 19.7 Å². The second-order valence-electron chi connectivity index (χ2n) is 7.33. The number of hydrogen-bond donors (Lipinski definition) is 1. The predicted octanol–water partition coefficient (Wildman–Crippen LogP) is 1.97. The number of imidazole rings is 1. The van der Waals surface area contributed by atoms with Crippen molar-refractivity contribution in [2.75, 3.05) is 45.2 Å². The summed E-state index contributed by atoms with van der Waals surface area (Å²) in [6.07, 6.45) is 7.93. The van der Waals surface area contributed by atoms with Gasteiger partial charge in [-0.25, -0.2) is 9.97 Å². The summed E-state index contributed by atoms with van der Waals surface area (Å²) in [6, 6.07) is 3.66. The lowest BCUT2D eigenvalue weighted by Crippen LogP contribution is -2.36. The van der Waals surface area contributed by atoms with Crippen molar-refractivity contribution in [1.29, 1.82) is 0 Å². The molecule has 0 spiro atoms. The van der Waals surface area contributed by atoms with E-state index in [1.54, 1.807) is 12.3 Å². The Morgan fingerprint density at radius 2 is 2.19 bits per heavy atom. The van der Waals surface area contributed by atoms with E-state index < -0.39 is 0 Å². The molecule has 27 heavy (non-hydrogen) atoms. The van der Waals surface area contributed by atoms with Crippen LogP contribution in [0.4, 0.5) is 5.82 Å². The maximum atomic E-state index is 12.1. The van der Waals surface area contributed by atoms with Gasteiger partial charge in [-0.15, -0.1) is 0 Å². The number of anilines is 1. The van der Waals surface area contributed by atoms with Crippen LogP contribution in [0.2, 0.25) is 0 Å². The molecule has 2 aromatic heterocycles. The Hall–Kier alpha value is -2.41. The minimum absolute atomic E-state index is 0.0473. The fourth-order valence-corrected chi connectivity index (χ4v) is 3.57. The number of carbonyl (C=O) groups is 1. The SMILES string of the molecule is CCNC(=O)c1ccnc(N2CCC[C@H](c3nccn3CCN(C)C)C2)c1. The zero-order valence-corrected chi connectivity index (χ0v) is 16.6. The Labute approximate surface area is 161 Å². The topological polar surface area (TPSA) is 66.3 Å². The number of nitrogens with zero attached hydrogens (tertiary/aromatic N) is 5. The van der Waals surface area contributed by atoms with Crippen molar-refractivity contribution in [3.8, 4) is 0 Å². The fraction of sp³-hybridized carbons (Fsp3) is 0.550. The van der Waals surface area contributed by atoms with Gasteiger partial charge in [-0.3, -0.25) is 4.79 Å². The maximum Gasteiger partial charge on any atom is 0.251 e. The number of nitrogens with one attached hydrogen (secondary N) is 1. The summed E-state index contributed by atoms with van der Waals surface area (Å²) in [5.74, 6) is 2.36. The van der Waals surface area contributed by atoms with Crippen LogP contribution in [0.25, 0.3) is 0 Å². The molecule has 1 amide bonds. The van der Waals surface area contributed by atoms with E-state index in [9.17, 15) is 4.79 Å². The van der Waals surface area contributed by atoms with Gasteiger partial charge in [-0.2, -0.15) is 0 Å². The molecule has 3 rings (SSSR count). The van der Waals surface area contributed by atoms with Gasteiger partial charge in [0.2, 0.25) is 0 Å². The Morgan fingerprint density at radius 1 is 1.33 bits per heavy atom. The third-order valence-electron chi connectivity index (χ3n) is 4.99. The molecule has 146 valence electrons. The first-order valence-electron chi connectivity index (χ1n) is 9.73. The Morgan fingerprint density at radius 3 is 2.96 bits per heavy atom.